The van der Waals surface area contributed by atoms with E-state index < -0.39 is 4.92 Å². The number of amides is 1. The molecule has 0 saturated carbocycles. The van der Waals surface area contributed by atoms with Gasteiger partial charge in [-0.05, 0) is 31.5 Å². The fourth-order valence-corrected chi connectivity index (χ4v) is 2.45. The summed E-state index contributed by atoms with van der Waals surface area (Å²) in [6.45, 7) is 5.37. The predicted molar refractivity (Wildman–Crippen MR) is 94.1 cm³/mol. The van der Waals surface area contributed by atoms with Crippen molar-refractivity contribution < 1.29 is 9.72 Å². The third-order valence-corrected chi connectivity index (χ3v) is 3.82. The number of benzene rings is 2. The second-order valence-electron chi connectivity index (χ2n) is 5.31. The number of anilines is 1. The number of hydrogen-bond donors (Lipinski definition) is 1. The van der Waals surface area contributed by atoms with Crippen molar-refractivity contribution in [3.05, 3.63) is 69.8 Å². The van der Waals surface area contributed by atoms with Crippen molar-refractivity contribution in [2.24, 2.45) is 0 Å². The SMILES string of the molecule is CCN(CC)C(=O)c1ccc(NCc2ccccc2)c([N+](=O)[O-])c1. The Morgan fingerprint density at radius 2 is 1.79 bits per heavy atom. The first-order valence-electron chi connectivity index (χ1n) is 7.92. The van der Waals surface area contributed by atoms with Crippen molar-refractivity contribution in [1.29, 1.82) is 0 Å². The molecule has 0 fully saturated rings. The van der Waals surface area contributed by atoms with Crippen LogP contribution in [0.2, 0.25) is 0 Å². The minimum absolute atomic E-state index is 0.0936. The summed E-state index contributed by atoms with van der Waals surface area (Å²) in [6, 6.07) is 14.2. The molecular weight excluding hydrogens is 306 g/mol. The van der Waals surface area contributed by atoms with Crippen molar-refractivity contribution >= 4 is 17.3 Å². The molecule has 0 spiro atoms. The molecule has 0 radical (unpaired) electrons. The van der Waals surface area contributed by atoms with Gasteiger partial charge in [-0.3, -0.25) is 14.9 Å². The van der Waals surface area contributed by atoms with Crippen LogP contribution in [0.1, 0.15) is 29.8 Å². The smallest absolute Gasteiger partial charge is 0.293 e. The Morgan fingerprint density at radius 1 is 1.12 bits per heavy atom. The number of hydrogen-bond acceptors (Lipinski definition) is 4. The molecule has 1 amide bonds. The molecule has 0 bridgehead atoms. The lowest BCUT2D eigenvalue weighted by atomic mass is 10.1. The van der Waals surface area contributed by atoms with Crippen LogP contribution >= 0.6 is 0 Å². The van der Waals surface area contributed by atoms with Crippen molar-refractivity contribution in [2.45, 2.75) is 20.4 Å². The lowest BCUT2D eigenvalue weighted by Gasteiger charge is -2.18. The summed E-state index contributed by atoms with van der Waals surface area (Å²) >= 11 is 0. The minimum Gasteiger partial charge on any atom is -0.375 e. The average Bonchev–Trinajstić information content (AvgIpc) is 2.61. The molecule has 126 valence electrons. The molecule has 6 heteroatoms. The fourth-order valence-electron chi connectivity index (χ4n) is 2.45. The van der Waals surface area contributed by atoms with Gasteiger partial charge in [-0.1, -0.05) is 30.3 Å². The molecule has 24 heavy (non-hydrogen) atoms. The summed E-state index contributed by atoms with van der Waals surface area (Å²) in [7, 11) is 0. The monoisotopic (exact) mass is 327 g/mol. The normalized spacial score (nSPS) is 10.2. The Kier molecular flexibility index (Phi) is 5.89. The van der Waals surface area contributed by atoms with E-state index in [1.165, 1.54) is 6.07 Å². The number of nitrogens with one attached hydrogen (secondary N) is 1. The number of nitro benzene ring substituents is 1. The Labute approximate surface area is 141 Å². The van der Waals surface area contributed by atoms with Crippen LogP contribution in [-0.2, 0) is 6.54 Å². The predicted octanol–water partition coefficient (Wildman–Crippen LogP) is 3.69. The largest absolute Gasteiger partial charge is 0.375 e. The molecule has 1 N–H and O–H groups in total. The van der Waals surface area contributed by atoms with E-state index in [1.54, 1.807) is 17.0 Å². The summed E-state index contributed by atoms with van der Waals surface area (Å²) in [5.74, 6) is -0.197. The van der Waals surface area contributed by atoms with E-state index in [0.717, 1.165) is 5.56 Å². The van der Waals surface area contributed by atoms with Gasteiger partial charge in [0.1, 0.15) is 5.69 Å². The highest BCUT2D eigenvalue weighted by Crippen LogP contribution is 2.26. The Morgan fingerprint density at radius 3 is 2.38 bits per heavy atom. The highest BCUT2D eigenvalue weighted by Gasteiger charge is 2.19. The molecule has 2 aromatic rings. The van der Waals surface area contributed by atoms with E-state index in [4.69, 9.17) is 0 Å². The second kappa shape index (κ2) is 8.10. The van der Waals surface area contributed by atoms with Crippen molar-refractivity contribution in [1.82, 2.24) is 4.90 Å². The number of carbonyl (C=O) groups is 1. The van der Waals surface area contributed by atoms with E-state index >= 15 is 0 Å². The molecule has 0 aliphatic rings. The van der Waals surface area contributed by atoms with E-state index in [1.807, 2.05) is 44.2 Å². The van der Waals surface area contributed by atoms with Crippen molar-refractivity contribution in [3.63, 3.8) is 0 Å². The van der Waals surface area contributed by atoms with Crippen molar-refractivity contribution in [2.75, 3.05) is 18.4 Å². The standard InChI is InChI=1S/C18H21N3O3/c1-3-20(4-2)18(22)15-10-11-16(17(12-15)21(23)24)19-13-14-8-6-5-7-9-14/h5-12,19H,3-4,13H2,1-2H3. The summed E-state index contributed by atoms with van der Waals surface area (Å²) in [6.07, 6.45) is 0. The van der Waals surface area contributed by atoms with Gasteiger partial charge in [0, 0.05) is 31.3 Å². The van der Waals surface area contributed by atoms with Crippen molar-refractivity contribution in [3.8, 4) is 0 Å². The summed E-state index contributed by atoms with van der Waals surface area (Å²) in [5, 5.41) is 14.4. The zero-order valence-corrected chi connectivity index (χ0v) is 13.9. The van der Waals surface area contributed by atoms with Crippen LogP contribution < -0.4 is 5.32 Å². The summed E-state index contributed by atoms with van der Waals surface area (Å²) < 4.78 is 0. The molecule has 2 rings (SSSR count). The van der Waals surface area contributed by atoms with Gasteiger partial charge in [-0.15, -0.1) is 0 Å². The lowest BCUT2D eigenvalue weighted by molar-refractivity contribution is -0.384. The van der Waals surface area contributed by atoms with Crippen LogP contribution in [0.5, 0.6) is 0 Å². The summed E-state index contributed by atoms with van der Waals surface area (Å²) in [4.78, 5) is 24.9. The van der Waals surface area contributed by atoms with Crippen LogP contribution in [0.3, 0.4) is 0 Å². The third kappa shape index (κ3) is 4.10. The maximum atomic E-state index is 12.4. The third-order valence-electron chi connectivity index (χ3n) is 3.82. The van der Waals surface area contributed by atoms with Gasteiger partial charge >= 0.3 is 0 Å². The number of rotatable bonds is 7. The van der Waals surface area contributed by atoms with E-state index in [0.29, 0.717) is 30.9 Å². The number of carbonyl (C=O) groups excluding carboxylic acids is 1. The maximum absolute atomic E-state index is 12.4. The van der Waals surface area contributed by atoms with Crippen LogP contribution in [0.25, 0.3) is 0 Å². The zero-order valence-electron chi connectivity index (χ0n) is 13.9. The quantitative estimate of drug-likeness (QED) is 0.621. The zero-order chi connectivity index (χ0) is 17.5. The van der Waals surface area contributed by atoms with Gasteiger partial charge in [-0.25, -0.2) is 0 Å². The fraction of sp³-hybridized carbons (Fsp3) is 0.278. The highest BCUT2D eigenvalue weighted by molar-refractivity contribution is 5.95. The van der Waals surface area contributed by atoms with Crippen LogP contribution in [0.4, 0.5) is 11.4 Å². The molecule has 0 heterocycles. The van der Waals surface area contributed by atoms with E-state index in [9.17, 15) is 14.9 Å². The number of nitro groups is 1. The highest BCUT2D eigenvalue weighted by atomic mass is 16.6. The van der Waals surface area contributed by atoms with E-state index in [2.05, 4.69) is 5.32 Å². The Hall–Kier alpha value is -2.89. The Balaban J connectivity index is 2.23. The van der Waals surface area contributed by atoms with Gasteiger partial charge in [0.25, 0.3) is 11.6 Å². The molecular formula is C18H21N3O3. The molecule has 0 aromatic heterocycles. The maximum Gasteiger partial charge on any atom is 0.293 e. The minimum atomic E-state index is -0.466. The molecule has 0 atom stereocenters. The Bertz CT molecular complexity index is 713. The number of nitrogens with zero attached hydrogens (tertiary/aromatic N) is 2. The molecule has 0 unspecified atom stereocenters. The van der Waals surface area contributed by atoms with Crippen LogP contribution in [0.15, 0.2) is 48.5 Å². The van der Waals surface area contributed by atoms with Gasteiger partial charge in [-0.2, -0.15) is 0 Å². The molecule has 2 aromatic carbocycles. The van der Waals surface area contributed by atoms with Gasteiger partial charge in [0.2, 0.25) is 0 Å². The molecule has 0 aliphatic carbocycles. The van der Waals surface area contributed by atoms with Gasteiger partial charge < -0.3 is 10.2 Å². The average molecular weight is 327 g/mol. The first-order chi connectivity index (χ1) is 11.6. The van der Waals surface area contributed by atoms with E-state index in [-0.39, 0.29) is 11.6 Å². The van der Waals surface area contributed by atoms with Crippen LogP contribution in [0, 0.1) is 10.1 Å². The van der Waals surface area contributed by atoms with Gasteiger partial charge in [0.05, 0.1) is 4.92 Å². The first-order valence-corrected chi connectivity index (χ1v) is 7.92. The first kappa shape index (κ1) is 17.5. The lowest BCUT2D eigenvalue weighted by Crippen LogP contribution is -2.30. The molecule has 0 saturated heterocycles. The van der Waals surface area contributed by atoms with Crippen LogP contribution in [-0.4, -0.2) is 28.8 Å². The second-order valence-corrected chi connectivity index (χ2v) is 5.31. The molecule has 6 nitrogen and oxygen atoms in total. The van der Waals surface area contributed by atoms with Gasteiger partial charge in [0.15, 0.2) is 0 Å². The topological polar surface area (TPSA) is 75.5 Å². The summed E-state index contributed by atoms with van der Waals surface area (Å²) in [5.41, 5.74) is 1.66. The molecule has 0 aliphatic heterocycles.